The predicted molar refractivity (Wildman–Crippen MR) is 70.5 cm³/mol. The van der Waals surface area contributed by atoms with Crippen LogP contribution >= 0.6 is 11.6 Å². The summed E-state index contributed by atoms with van der Waals surface area (Å²) in [6, 6.07) is 1.78. The van der Waals surface area contributed by atoms with Crippen LogP contribution in [0.15, 0.2) is 6.07 Å². The number of hydrogen-bond acceptors (Lipinski definition) is 4. The van der Waals surface area contributed by atoms with Gasteiger partial charge in [0.25, 0.3) is 0 Å². The molecule has 1 atom stereocenters. The molecule has 0 spiro atoms. The van der Waals surface area contributed by atoms with E-state index in [1.807, 2.05) is 7.05 Å². The number of rotatable bonds is 6. The highest BCUT2D eigenvalue weighted by molar-refractivity contribution is 6.29. The molecule has 5 heteroatoms. The lowest BCUT2D eigenvalue weighted by Crippen LogP contribution is -2.25. The molecule has 1 aromatic heterocycles. The first kappa shape index (κ1) is 14.2. The van der Waals surface area contributed by atoms with Gasteiger partial charge in [0.05, 0.1) is 0 Å². The summed E-state index contributed by atoms with van der Waals surface area (Å²) in [6.07, 6.45) is 1.15. The first-order valence-corrected chi connectivity index (χ1v) is 6.18. The normalized spacial score (nSPS) is 12.5. The van der Waals surface area contributed by atoms with Crippen LogP contribution in [0.4, 0.5) is 5.82 Å². The monoisotopic (exact) mass is 257 g/mol. The van der Waals surface area contributed by atoms with Gasteiger partial charge in [-0.05, 0) is 5.92 Å². The van der Waals surface area contributed by atoms with E-state index in [1.54, 1.807) is 13.2 Å². The summed E-state index contributed by atoms with van der Waals surface area (Å²) in [4.78, 5) is 10.6. The van der Waals surface area contributed by atoms with Crippen LogP contribution in [0.2, 0.25) is 5.15 Å². The molecule has 0 fully saturated rings. The third-order valence-electron chi connectivity index (χ3n) is 2.67. The highest BCUT2D eigenvalue weighted by Crippen LogP contribution is 2.17. The van der Waals surface area contributed by atoms with Crippen LogP contribution < -0.4 is 4.90 Å². The number of ether oxygens (including phenoxy) is 1. The van der Waals surface area contributed by atoms with Crippen LogP contribution in [-0.4, -0.2) is 30.7 Å². The van der Waals surface area contributed by atoms with E-state index >= 15 is 0 Å². The maximum absolute atomic E-state index is 5.97. The van der Waals surface area contributed by atoms with Gasteiger partial charge in [-0.25, -0.2) is 9.97 Å². The summed E-state index contributed by atoms with van der Waals surface area (Å²) >= 11 is 5.97. The predicted octanol–water partition coefficient (Wildman–Crippen LogP) is 2.76. The first-order valence-electron chi connectivity index (χ1n) is 5.80. The molecule has 1 unspecified atom stereocenters. The maximum Gasteiger partial charge on any atom is 0.158 e. The van der Waals surface area contributed by atoms with E-state index in [2.05, 4.69) is 28.7 Å². The van der Waals surface area contributed by atoms with Gasteiger partial charge in [-0.2, -0.15) is 0 Å². The largest absolute Gasteiger partial charge is 0.377 e. The molecule has 96 valence electrons. The van der Waals surface area contributed by atoms with Crippen LogP contribution in [0.1, 0.15) is 26.1 Å². The molecule has 0 saturated heterocycles. The maximum atomic E-state index is 5.97. The Morgan fingerprint density at radius 1 is 1.47 bits per heavy atom. The Balaban J connectivity index is 2.81. The van der Waals surface area contributed by atoms with Gasteiger partial charge in [0.1, 0.15) is 17.6 Å². The van der Waals surface area contributed by atoms with Gasteiger partial charge < -0.3 is 9.64 Å². The summed E-state index contributed by atoms with van der Waals surface area (Å²) in [5.41, 5.74) is 0. The molecule has 0 amide bonds. The number of methoxy groups -OCH3 is 1. The molecule has 1 heterocycles. The van der Waals surface area contributed by atoms with Crippen LogP contribution in [-0.2, 0) is 11.3 Å². The fourth-order valence-electron chi connectivity index (χ4n) is 1.53. The zero-order chi connectivity index (χ0) is 12.8. The molecule has 0 bridgehead atoms. The van der Waals surface area contributed by atoms with E-state index < -0.39 is 0 Å². The minimum absolute atomic E-state index is 0.380. The summed E-state index contributed by atoms with van der Waals surface area (Å²) < 4.78 is 5.02. The number of anilines is 1. The van der Waals surface area contributed by atoms with Gasteiger partial charge in [-0.1, -0.05) is 31.9 Å². The second-order valence-corrected chi connectivity index (χ2v) is 4.68. The lowest BCUT2D eigenvalue weighted by molar-refractivity contribution is 0.178. The van der Waals surface area contributed by atoms with Crippen molar-refractivity contribution in [2.45, 2.75) is 26.9 Å². The van der Waals surface area contributed by atoms with E-state index in [4.69, 9.17) is 16.3 Å². The molecule has 1 rings (SSSR count). The van der Waals surface area contributed by atoms with Gasteiger partial charge in [0.2, 0.25) is 0 Å². The van der Waals surface area contributed by atoms with Crippen molar-refractivity contribution in [1.82, 2.24) is 9.97 Å². The zero-order valence-electron chi connectivity index (χ0n) is 10.9. The Bertz CT molecular complexity index is 360. The quantitative estimate of drug-likeness (QED) is 0.735. The summed E-state index contributed by atoms with van der Waals surface area (Å²) in [5, 5.41) is 0.457. The summed E-state index contributed by atoms with van der Waals surface area (Å²) in [7, 11) is 3.63. The van der Waals surface area contributed by atoms with Crippen LogP contribution in [0.25, 0.3) is 0 Å². The fraction of sp³-hybridized carbons (Fsp3) is 0.667. The van der Waals surface area contributed by atoms with Crippen molar-refractivity contribution >= 4 is 17.4 Å². The molecule has 0 aromatic carbocycles. The van der Waals surface area contributed by atoms with E-state index in [0.29, 0.717) is 23.5 Å². The van der Waals surface area contributed by atoms with Crippen LogP contribution in [0.5, 0.6) is 0 Å². The van der Waals surface area contributed by atoms with E-state index in [1.165, 1.54) is 0 Å². The second kappa shape index (κ2) is 6.77. The molecular weight excluding hydrogens is 238 g/mol. The van der Waals surface area contributed by atoms with Crippen LogP contribution in [0.3, 0.4) is 0 Å². The lowest BCUT2D eigenvalue weighted by atomic mass is 10.1. The van der Waals surface area contributed by atoms with Crippen LogP contribution in [0, 0.1) is 5.92 Å². The molecule has 0 aliphatic carbocycles. The Morgan fingerprint density at radius 3 is 2.76 bits per heavy atom. The minimum Gasteiger partial charge on any atom is -0.377 e. The summed E-state index contributed by atoms with van der Waals surface area (Å²) in [5.74, 6) is 2.09. The van der Waals surface area contributed by atoms with Gasteiger partial charge in [0.15, 0.2) is 5.82 Å². The molecule has 0 N–H and O–H groups in total. The molecule has 0 saturated carbocycles. The lowest BCUT2D eigenvalue weighted by Gasteiger charge is -2.22. The Morgan fingerprint density at radius 2 is 2.18 bits per heavy atom. The number of aromatic nitrogens is 2. The second-order valence-electron chi connectivity index (χ2n) is 4.29. The number of nitrogens with zero attached hydrogens (tertiary/aromatic N) is 3. The molecule has 0 aliphatic heterocycles. The van der Waals surface area contributed by atoms with Crippen molar-refractivity contribution in [2.75, 3.05) is 25.6 Å². The Labute approximate surface area is 108 Å². The van der Waals surface area contributed by atoms with Crippen molar-refractivity contribution in [2.24, 2.45) is 5.92 Å². The zero-order valence-corrected chi connectivity index (χ0v) is 11.7. The third kappa shape index (κ3) is 4.48. The number of hydrogen-bond donors (Lipinski definition) is 0. The average molecular weight is 258 g/mol. The average Bonchev–Trinajstić information content (AvgIpc) is 2.28. The first-order chi connectivity index (χ1) is 8.06. The Kier molecular flexibility index (Phi) is 5.65. The SMILES string of the molecule is CCC(C)CN(C)c1cc(Cl)nc(COC)n1. The standard InChI is InChI=1S/C12H20ClN3O/c1-5-9(2)7-16(3)12-6-10(13)14-11(15-12)8-17-4/h6,9H,5,7-8H2,1-4H3. The molecule has 4 nitrogen and oxygen atoms in total. The highest BCUT2D eigenvalue weighted by atomic mass is 35.5. The summed E-state index contributed by atoms with van der Waals surface area (Å²) in [6.45, 7) is 5.73. The van der Waals surface area contributed by atoms with E-state index in [-0.39, 0.29) is 0 Å². The topological polar surface area (TPSA) is 38.2 Å². The van der Waals surface area contributed by atoms with Gasteiger partial charge >= 0.3 is 0 Å². The molecule has 17 heavy (non-hydrogen) atoms. The minimum atomic E-state index is 0.380. The van der Waals surface area contributed by atoms with Crippen molar-refractivity contribution in [1.29, 1.82) is 0 Å². The van der Waals surface area contributed by atoms with E-state index in [9.17, 15) is 0 Å². The van der Waals surface area contributed by atoms with Gasteiger partial charge in [-0.15, -0.1) is 0 Å². The highest BCUT2D eigenvalue weighted by Gasteiger charge is 2.10. The van der Waals surface area contributed by atoms with Crippen molar-refractivity contribution in [3.63, 3.8) is 0 Å². The molecule has 1 aromatic rings. The van der Waals surface area contributed by atoms with Gasteiger partial charge in [0, 0.05) is 26.8 Å². The molecule has 0 radical (unpaired) electrons. The smallest absolute Gasteiger partial charge is 0.158 e. The number of halogens is 1. The Hall–Kier alpha value is -0.870. The third-order valence-corrected chi connectivity index (χ3v) is 2.87. The van der Waals surface area contributed by atoms with Gasteiger partial charge in [-0.3, -0.25) is 0 Å². The van der Waals surface area contributed by atoms with Crippen molar-refractivity contribution < 1.29 is 4.74 Å². The van der Waals surface area contributed by atoms with Crippen molar-refractivity contribution in [3.8, 4) is 0 Å². The van der Waals surface area contributed by atoms with Crippen molar-refractivity contribution in [3.05, 3.63) is 17.0 Å². The fourth-order valence-corrected chi connectivity index (χ4v) is 1.73. The molecule has 0 aliphatic rings. The van der Waals surface area contributed by atoms with E-state index in [0.717, 1.165) is 18.8 Å². The molecular formula is C12H20ClN3O.